The van der Waals surface area contributed by atoms with Crippen LogP contribution in [0.4, 0.5) is 0 Å². The van der Waals surface area contributed by atoms with Crippen LogP contribution in [-0.4, -0.2) is 44.1 Å². The summed E-state index contributed by atoms with van der Waals surface area (Å²) in [5.74, 6) is -0.985. The van der Waals surface area contributed by atoms with Gasteiger partial charge >= 0.3 is 0 Å². The molecule has 1 aliphatic heterocycles. The van der Waals surface area contributed by atoms with Crippen LogP contribution in [0.25, 0.3) is 11.1 Å². The van der Waals surface area contributed by atoms with Crippen molar-refractivity contribution in [1.82, 2.24) is 9.62 Å². The molecular formula is C24H27N3O3S. The van der Waals surface area contributed by atoms with E-state index in [1.54, 1.807) is 11.8 Å². The zero-order chi connectivity index (χ0) is 22.2. The highest BCUT2D eigenvalue weighted by Gasteiger charge is 2.61. The van der Waals surface area contributed by atoms with Crippen LogP contribution in [0.5, 0.6) is 0 Å². The van der Waals surface area contributed by atoms with Crippen LogP contribution in [0, 0.1) is 22.7 Å². The predicted molar refractivity (Wildman–Crippen MR) is 119 cm³/mol. The summed E-state index contributed by atoms with van der Waals surface area (Å²) in [6.45, 7) is 2.10. The Balaban J connectivity index is 1.68. The smallest absolute Gasteiger partial charge is 0.239 e. The summed E-state index contributed by atoms with van der Waals surface area (Å²) in [6.07, 6.45) is 3.45. The molecular weight excluding hydrogens is 410 g/mol. The first-order valence-corrected chi connectivity index (χ1v) is 12.4. The van der Waals surface area contributed by atoms with E-state index in [2.05, 4.69) is 10.8 Å². The Morgan fingerprint density at radius 2 is 1.87 bits per heavy atom. The number of sulfonamides is 1. The Hall–Kier alpha value is -2.69. The molecule has 2 aromatic rings. The molecule has 4 rings (SSSR count). The molecule has 3 atom stereocenters. The van der Waals surface area contributed by atoms with E-state index in [1.807, 2.05) is 54.6 Å². The number of carbonyl (C=O) groups excluding carboxylic acids is 1. The second-order valence-electron chi connectivity index (χ2n) is 8.88. The molecule has 1 unspecified atom stereocenters. The second-order valence-corrected chi connectivity index (χ2v) is 10.7. The fourth-order valence-corrected chi connectivity index (χ4v) is 5.60. The monoisotopic (exact) mass is 437 g/mol. The maximum atomic E-state index is 13.0. The number of likely N-dealkylation sites (tertiary alicyclic amines) is 1. The van der Waals surface area contributed by atoms with Crippen LogP contribution in [0.3, 0.4) is 0 Å². The van der Waals surface area contributed by atoms with Gasteiger partial charge in [-0.1, -0.05) is 54.6 Å². The van der Waals surface area contributed by atoms with Crippen molar-refractivity contribution in [3.8, 4) is 17.2 Å². The Kier molecular flexibility index (Phi) is 5.63. The van der Waals surface area contributed by atoms with Crippen molar-refractivity contribution >= 4 is 15.9 Å². The van der Waals surface area contributed by atoms with Crippen molar-refractivity contribution in [3.05, 3.63) is 60.2 Å². The summed E-state index contributed by atoms with van der Waals surface area (Å²) in [5, 5.41) is 9.29. The van der Waals surface area contributed by atoms with Gasteiger partial charge < -0.3 is 4.90 Å². The number of hydrogen-bond donors (Lipinski definition) is 1. The van der Waals surface area contributed by atoms with E-state index in [9.17, 15) is 18.5 Å². The zero-order valence-corrected chi connectivity index (χ0v) is 18.6. The minimum Gasteiger partial charge on any atom is -0.336 e. The van der Waals surface area contributed by atoms with Crippen LogP contribution < -0.4 is 4.72 Å². The van der Waals surface area contributed by atoms with Crippen molar-refractivity contribution in [1.29, 1.82) is 5.26 Å². The zero-order valence-electron chi connectivity index (χ0n) is 17.8. The Morgan fingerprint density at radius 1 is 1.19 bits per heavy atom. The van der Waals surface area contributed by atoms with E-state index in [0.717, 1.165) is 29.5 Å². The molecule has 7 heteroatoms. The Morgan fingerprint density at radius 3 is 2.48 bits per heavy atom. The number of benzene rings is 2. The van der Waals surface area contributed by atoms with Gasteiger partial charge in [-0.15, -0.1) is 0 Å². The second kappa shape index (κ2) is 8.10. The molecule has 162 valence electrons. The number of rotatable bonds is 6. The van der Waals surface area contributed by atoms with Gasteiger partial charge in [-0.2, -0.15) is 5.26 Å². The van der Waals surface area contributed by atoms with Gasteiger partial charge in [0.05, 0.1) is 18.4 Å². The standard InChI is InChI=1S/C24H27N3O3S/c1-17(15-25)23(28)27-16-24(11-12-24)22(26-31(2,29)30)21(27)14-18-7-6-10-20(13-18)19-8-4-3-5-9-19/h3-10,13,17,21-22,26H,11-12,14,16H2,1-2H3/t17?,21-,22+/m0/s1. The van der Waals surface area contributed by atoms with E-state index < -0.39 is 15.9 Å². The number of hydrogen-bond acceptors (Lipinski definition) is 4. The number of nitrogens with zero attached hydrogens (tertiary/aromatic N) is 2. The minimum absolute atomic E-state index is 0.226. The molecule has 2 fully saturated rings. The first-order chi connectivity index (χ1) is 14.7. The third kappa shape index (κ3) is 4.51. The van der Waals surface area contributed by atoms with Gasteiger partial charge in [0.25, 0.3) is 0 Å². The van der Waals surface area contributed by atoms with Crippen molar-refractivity contribution in [3.63, 3.8) is 0 Å². The Bertz CT molecular complexity index is 1120. The normalized spacial score (nSPS) is 22.8. The van der Waals surface area contributed by atoms with Crippen molar-refractivity contribution in [2.75, 3.05) is 12.8 Å². The van der Waals surface area contributed by atoms with Crippen LogP contribution in [0.2, 0.25) is 0 Å². The van der Waals surface area contributed by atoms with Gasteiger partial charge in [-0.3, -0.25) is 4.79 Å². The van der Waals surface area contributed by atoms with E-state index in [-0.39, 0.29) is 23.4 Å². The average molecular weight is 438 g/mol. The quantitative estimate of drug-likeness (QED) is 0.752. The fraction of sp³-hybridized carbons (Fsp3) is 0.417. The summed E-state index contributed by atoms with van der Waals surface area (Å²) >= 11 is 0. The van der Waals surface area contributed by atoms with Crippen LogP contribution in [-0.2, 0) is 21.2 Å². The fourth-order valence-electron chi connectivity index (χ4n) is 4.73. The van der Waals surface area contributed by atoms with Crippen LogP contribution in [0.15, 0.2) is 54.6 Å². The first kappa shape index (κ1) is 21.5. The lowest BCUT2D eigenvalue weighted by Crippen LogP contribution is -2.50. The molecule has 0 aromatic heterocycles. The topological polar surface area (TPSA) is 90.3 Å². The van der Waals surface area contributed by atoms with Gasteiger partial charge in [-0.25, -0.2) is 13.1 Å². The van der Waals surface area contributed by atoms with Gasteiger partial charge in [0.2, 0.25) is 15.9 Å². The van der Waals surface area contributed by atoms with Gasteiger partial charge in [0, 0.05) is 18.0 Å². The molecule has 2 aromatic carbocycles. The molecule has 2 aliphatic rings. The molecule has 0 radical (unpaired) electrons. The maximum Gasteiger partial charge on any atom is 0.239 e. The largest absolute Gasteiger partial charge is 0.336 e. The predicted octanol–water partition coefficient (Wildman–Crippen LogP) is 2.96. The lowest BCUT2D eigenvalue weighted by molar-refractivity contribution is -0.134. The number of amides is 1. The van der Waals surface area contributed by atoms with E-state index in [4.69, 9.17) is 0 Å². The average Bonchev–Trinajstić information content (AvgIpc) is 3.48. The maximum absolute atomic E-state index is 13.0. The first-order valence-electron chi connectivity index (χ1n) is 10.5. The van der Waals surface area contributed by atoms with Crippen LogP contribution in [0.1, 0.15) is 25.3 Å². The van der Waals surface area contributed by atoms with Crippen LogP contribution >= 0.6 is 0 Å². The highest BCUT2D eigenvalue weighted by molar-refractivity contribution is 7.88. The van der Waals surface area contributed by atoms with E-state index >= 15 is 0 Å². The summed E-state index contributed by atoms with van der Waals surface area (Å²) in [7, 11) is -3.44. The molecule has 1 amide bonds. The summed E-state index contributed by atoms with van der Waals surface area (Å²) in [4.78, 5) is 14.8. The van der Waals surface area contributed by atoms with Gasteiger partial charge in [0.15, 0.2) is 0 Å². The molecule has 1 spiro atoms. The summed E-state index contributed by atoms with van der Waals surface area (Å²) in [5.41, 5.74) is 2.99. The molecule has 1 aliphatic carbocycles. The van der Waals surface area contributed by atoms with Gasteiger partial charge in [0.1, 0.15) is 5.92 Å². The number of nitriles is 1. The summed E-state index contributed by atoms with van der Waals surface area (Å²) in [6, 6.07) is 19.6. The lowest BCUT2D eigenvalue weighted by Gasteiger charge is -2.30. The molecule has 0 bridgehead atoms. The molecule has 1 heterocycles. The molecule has 6 nitrogen and oxygen atoms in total. The molecule has 1 saturated heterocycles. The van der Waals surface area contributed by atoms with Gasteiger partial charge in [-0.05, 0) is 42.9 Å². The van der Waals surface area contributed by atoms with Crippen molar-refractivity contribution < 1.29 is 13.2 Å². The minimum atomic E-state index is -3.44. The molecule has 1 N–H and O–H groups in total. The summed E-state index contributed by atoms with van der Waals surface area (Å²) < 4.78 is 27.1. The molecule has 1 saturated carbocycles. The lowest BCUT2D eigenvalue weighted by atomic mass is 9.91. The van der Waals surface area contributed by atoms with Crippen molar-refractivity contribution in [2.45, 2.75) is 38.3 Å². The highest BCUT2D eigenvalue weighted by atomic mass is 32.2. The highest BCUT2D eigenvalue weighted by Crippen LogP contribution is 2.55. The van der Waals surface area contributed by atoms with E-state index in [0.29, 0.717) is 13.0 Å². The number of carbonyl (C=O) groups is 1. The Labute approximate surface area is 183 Å². The SMILES string of the molecule is CC(C#N)C(=O)N1CC2(CC2)[C@H](NS(C)(=O)=O)[C@@H]1Cc1cccc(-c2ccccc2)c1. The third-order valence-corrected chi connectivity index (χ3v) is 7.17. The molecule has 31 heavy (non-hydrogen) atoms. The van der Waals surface area contributed by atoms with Crippen molar-refractivity contribution in [2.24, 2.45) is 11.3 Å². The van der Waals surface area contributed by atoms with E-state index in [1.165, 1.54) is 6.26 Å². The number of nitrogens with one attached hydrogen (secondary N) is 1. The third-order valence-electron chi connectivity index (χ3n) is 6.49.